The van der Waals surface area contributed by atoms with Crippen LogP contribution in [0.4, 0.5) is 4.79 Å². The SMILES string of the molecule is COc1cccc(CC(NC(=O)OCc2ccccc2)C(O)C(=O)O)c1. The number of ether oxygens (including phenoxy) is 2. The van der Waals surface area contributed by atoms with Crippen molar-refractivity contribution < 1.29 is 29.3 Å². The number of methoxy groups -OCH3 is 1. The summed E-state index contributed by atoms with van der Waals surface area (Å²) in [5.74, 6) is -0.834. The summed E-state index contributed by atoms with van der Waals surface area (Å²) in [6.07, 6.45) is -2.47. The van der Waals surface area contributed by atoms with Crippen molar-refractivity contribution in [2.24, 2.45) is 0 Å². The fraction of sp³-hybridized carbons (Fsp3) is 0.263. The zero-order chi connectivity index (χ0) is 18.9. The standard InChI is InChI=1S/C19H21NO6/c1-25-15-9-5-8-14(10-15)11-16(17(21)18(22)23)20-19(24)26-12-13-6-3-2-4-7-13/h2-10,16-17,21H,11-12H2,1H3,(H,20,24)(H,22,23). The lowest BCUT2D eigenvalue weighted by Gasteiger charge is -2.21. The van der Waals surface area contributed by atoms with E-state index in [-0.39, 0.29) is 13.0 Å². The molecular weight excluding hydrogens is 338 g/mol. The minimum atomic E-state index is -1.77. The van der Waals surface area contributed by atoms with Crippen molar-refractivity contribution in [3.05, 3.63) is 65.7 Å². The van der Waals surface area contributed by atoms with Crippen molar-refractivity contribution in [3.63, 3.8) is 0 Å². The Hall–Kier alpha value is -3.06. The number of benzene rings is 2. The van der Waals surface area contributed by atoms with Crippen molar-refractivity contribution in [2.75, 3.05) is 7.11 Å². The molecule has 0 spiro atoms. The van der Waals surface area contributed by atoms with Gasteiger partial charge in [-0.25, -0.2) is 9.59 Å². The number of hydrogen-bond donors (Lipinski definition) is 3. The third kappa shape index (κ3) is 5.78. The highest BCUT2D eigenvalue weighted by molar-refractivity contribution is 5.75. The predicted molar refractivity (Wildman–Crippen MR) is 93.9 cm³/mol. The molecule has 0 aliphatic heterocycles. The van der Waals surface area contributed by atoms with Gasteiger partial charge in [0.1, 0.15) is 12.4 Å². The lowest BCUT2D eigenvalue weighted by molar-refractivity contribution is -0.148. The zero-order valence-electron chi connectivity index (χ0n) is 14.3. The van der Waals surface area contributed by atoms with E-state index in [2.05, 4.69) is 5.32 Å². The van der Waals surface area contributed by atoms with Crippen LogP contribution in [0.2, 0.25) is 0 Å². The summed E-state index contributed by atoms with van der Waals surface area (Å²) >= 11 is 0. The number of nitrogens with one attached hydrogen (secondary N) is 1. The Balaban J connectivity index is 2.01. The first kappa shape index (κ1) is 19.3. The van der Waals surface area contributed by atoms with Gasteiger partial charge in [0, 0.05) is 0 Å². The van der Waals surface area contributed by atoms with Gasteiger partial charge in [-0.15, -0.1) is 0 Å². The van der Waals surface area contributed by atoms with Crippen LogP contribution in [0, 0.1) is 0 Å². The molecule has 0 aliphatic carbocycles. The van der Waals surface area contributed by atoms with Gasteiger partial charge in [0.2, 0.25) is 0 Å². The Kier molecular flexibility index (Phi) is 6.99. The van der Waals surface area contributed by atoms with E-state index in [9.17, 15) is 14.7 Å². The van der Waals surface area contributed by atoms with Gasteiger partial charge in [-0.2, -0.15) is 0 Å². The van der Waals surface area contributed by atoms with Gasteiger partial charge in [0.15, 0.2) is 6.10 Å². The molecule has 2 aromatic rings. The number of aliphatic hydroxyl groups is 1. The summed E-state index contributed by atoms with van der Waals surface area (Å²) in [7, 11) is 1.52. The molecule has 7 heteroatoms. The minimum Gasteiger partial charge on any atom is -0.497 e. The van der Waals surface area contributed by atoms with E-state index in [0.717, 1.165) is 5.56 Å². The maximum atomic E-state index is 12.0. The summed E-state index contributed by atoms with van der Waals surface area (Å²) in [6.45, 7) is 0.0434. The van der Waals surface area contributed by atoms with E-state index in [1.54, 1.807) is 36.4 Å². The Morgan fingerprint density at radius 3 is 2.42 bits per heavy atom. The second-order valence-corrected chi connectivity index (χ2v) is 5.65. The molecule has 0 saturated carbocycles. The summed E-state index contributed by atoms with van der Waals surface area (Å²) in [4.78, 5) is 23.2. The summed E-state index contributed by atoms with van der Waals surface area (Å²) < 4.78 is 10.2. The van der Waals surface area contributed by atoms with Crippen LogP contribution in [0.5, 0.6) is 5.75 Å². The molecule has 0 saturated heterocycles. The van der Waals surface area contributed by atoms with Crippen LogP contribution in [0.3, 0.4) is 0 Å². The van der Waals surface area contributed by atoms with E-state index >= 15 is 0 Å². The second kappa shape index (κ2) is 9.43. The van der Waals surface area contributed by atoms with E-state index in [4.69, 9.17) is 14.6 Å². The van der Waals surface area contributed by atoms with Crippen LogP contribution in [-0.4, -0.2) is 41.5 Å². The first-order valence-corrected chi connectivity index (χ1v) is 8.00. The Morgan fingerprint density at radius 2 is 1.77 bits per heavy atom. The summed E-state index contributed by atoms with van der Waals surface area (Å²) in [6, 6.07) is 15.0. The predicted octanol–water partition coefficient (Wildman–Crippen LogP) is 1.98. The number of aliphatic hydroxyl groups excluding tert-OH is 1. The minimum absolute atomic E-state index is 0.0434. The smallest absolute Gasteiger partial charge is 0.407 e. The normalized spacial score (nSPS) is 12.7. The number of alkyl carbamates (subject to hydrolysis) is 1. The average Bonchev–Trinajstić information content (AvgIpc) is 2.66. The molecule has 3 N–H and O–H groups in total. The third-order valence-corrected chi connectivity index (χ3v) is 3.74. The van der Waals surface area contributed by atoms with Gasteiger partial charge < -0.3 is 25.0 Å². The molecule has 1 amide bonds. The molecule has 7 nitrogen and oxygen atoms in total. The number of carbonyl (C=O) groups is 2. The first-order valence-electron chi connectivity index (χ1n) is 8.00. The molecule has 2 atom stereocenters. The van der Waals surface area contributed by atoms with Gasteiger partial charge in [0.25, 0.3) is 0 Å². The maximum Gasteiger partial charge on any atom is 0.407 e. The largest absolute Gasteiger partial charge is 0.497 e. The van der Waals surface area contributed by atoms with Gasteiger partial charge in [-0.3, -0.25) is 0 Å². The molecule has 0 aliphatic rings. The zero-order valence-corrected chi connectivity index (χ0v) is 14.3. The molecule has 26 heavy (non-hydrogen) atoms. The quantitative estimate of drug-likeness (QED) is 0.666. The van der Waals surface area contributed by atoms with Crippen molar-refractivity contribution in [1.29, 1.82) is 0 Å². The summed E-state index contributed by atoms with van der Waals surface area (Å²) in [5.41, 5.74) is 1.50. The first-order chi connectivity index (χ1) is 12.5. The van der Waals surface area contributed by atoms with Crippen molar-refractivity contribution in [1.82, 2.24) is 5.32 Å². The average molecular weight is 359 g/mol. The number of aliphatic carboxylic acids is 1. The van der Waals surface area contributed by atoms with Gasteiger partial charge >= 0.3 is 12.1 Å². The molecule has 0 heterocycles. The van der Waals surface area contributed by atoms with Crippen LogP contribution in [0.25, 0.3) is 0 Å². The van der Waals surface area contributed by atoms with Gasteiger partial charge in [-0.05, 0) is 29.7 Å². The van der Waals surface area contributed by atoms with Crippen molar-refractivity contribution in [3.8, 4) is 5.75 Å². The fourth-order valence-corrected chi connectivity index (χ4v) is 2.38. The number of amides is 1. The molecule has 2 unspecified atom stereocenters. The third-order valence-electron chi connectivity index (χ3n) is 3.74. The molecule has 2 rings (SSSR count). The molecule has 2 aromatic carbocycles. The Bertz CT molecular complexity index is 734. The van der Waals surface area contributed by atoms with Crippen LogP contribution in [0.15, 0.2) is 54.6 Å². The lowest BCUT2D eigenvalue weighted by atomic mass is 10.0. The number of carbonyl (C=O) groups excluding carboxylic acids is 1. The van der Waals surface area contributed by atoms with E-state index in [1.165, 1.54) is 7.11 Å². The van der Waals surface area contributed by atoms with Crippen LogP contribution < -0.4 is 10.1 Å². The number of hydrogen-bond acceptors (Lipinski definition) is 5. The molecule has 0 radical (unpaired) electrons. The van der Waals surface area contributed by atoms with Crippen LogP contribution in [-0.2, 0) is 22.6 Å². The highest BCUT2D eigenvalue weighted by atomic mass is 16.5. The second-order valence-electron chi connectivity index (χ2n) is 5.65. The summed E-state index contributed by atoms with van der Waals surface area (Å²) in [5, 5.41) is 21.4. The van der Waals surface area contributed by atoms with Gasteiger partial charge in [0.05, 0.1) is 13.2 Å². The Morgan fingerprint density at radius 1 is 1.08 bits per heavy atom. The number of rotatable bonds is 8. The monoisotopic (exact) mass is 359 g/mol. The number of carboxylic acids is 1. The van der Waals surface area contributed by atoms with Crippen LogP contribution in [0.1, 0.15) is 11.1 Å². The lowest BCUT2D eigenvalue weighted by Crippen LogP contribution is -2.48. The van der Waals surface area contributed by atoms with Gasteiger partial charge in [-0.1, -0.05) is 42.5 Å². The van der Waals surface area contributed by atoms with E-state index in [1.807, 2.05) is 18.2 Å². The van der Waals surface area contributed by atoms with E-state index in [0.29, 0.717) is 11.3 Å². The molecule has 0 fully saturated rings. The topological polar surface area (TPSA) is 105 Å². The van der Waals surface area contributed by atoms with Crippen LogP contribution >= 0.6 is 0 Å². The molecular formula is C19H21NO6. The molecule has 0 aromatic heterocycles. The Labute approximate surface area is 151 Å². The highest BCUT2D eigenvalue weighted by Crippen LogP contribution is 2.15. The van der Waals surface area contributed by atoms with E-state index < -0.39 is 24.2 Å². The highest BCUT2D eigenvalue weighted by Gasteiger charge is 2.28. The number of carboxylic acid groups (broad SMARTS) is 1. The molecule has 0 bridgehead atoms. The van der Waals surface area contributed by atoms with Crippen molar-refractivity contribution in [2.45, 2.75) is 25.2 Å². The fourth-order valence-electron chi connectivity index (χ4n) is 2.38. The molecule has 138 valence electrons. The van der Waals surface area contributed by atoms with Crippen molar-refractivity contribution >= 4 is 12.1 Å². The maximum absolute atomic E-state index is 12.0.